The fourth-order valence-corrected chi connectivity index (χ4v) is 1.34. The molecule has 0 spiro atoms. The maximum atomic E-state index is 11.3. The van der Waals surface area contributed by atoms with Gasteiger partial charge in [0.25, 0.3) is 0 Å². The predicted molar refractivity (Wildman–Crippen MR) is 69.2 cm³/mol. The van der Waals surface area contributed by atoms with Crippen LogP contribution in [-0.2, 0) is 4.79 Å². The molecule has 3 nitrogen and oxygen atoms in total. The number of ether oxygens (including phenoxy) is 1. The van der Waals surface area contributed by atoms with E-state index in [-0.39, 0.29) is 5.91 Å². The summed E-state index contributed by atoms with van der Waals surface area (Å²) in [5.74, 6) is 0.790. The molecule has 0 bridgehead atoms. The zero-order valence-electron chi connectivity index (χ0n) is 10.5. The Morgan fingerprint density at radius 1 is 1.41 bits per heavy atom. The highest BCUT2D eigenvalue weighted by Gasteiger charge is 2.01. The van der Waals surface area contributed by atoms with E-state index in [1.54, 1.807) is 6.08 Å². The summed E-state index contributed by atoms with van der Waals surface area (Å²) in [6.07, 6.45) is 2.02. The number of nitrogens with one attached hydrogen (secondary N) is 1. The highest BCUT2D eigenvalue weighted by Crippen LogP contribution is 2.16. The second-order valence-corrected chi connectivity index (χ2v) is 3.94. The Balaban J connectivity index is 2.33. The van der Waals surface area contributed by atoms with E-state index < -0.39 is 0 Å². The van der Waals surface area contributed by atoms with Gasteiger partial charge in [0.2, 0.25) is 5.91 Å². The first kappa shape index (κ1) is 13.3. The smallest absolute Gasteiger partial charge is 0.223 e. The van der Waals surface area contributed by atoms with E-state index in [0.717, 1.165) is 5.75 Å². The van der Waals surface area contributed by atoms with Gasteiger partial charge in [0.15, 0.2) is 0 Å². The molecule has 1 rings (SSSR count). The molecule has 17 heavy (non-hydrogen) atoms. The van der Waals surface area contributed by atoms with E-state index in [0.29, 0.717) is 19.6 Å². The van der Waals surface area contributed by atoms with E-state index in [1.165, 1.54) is 11.1 Å². The van der Waals surface area contributed by atoms with Crippen LogP contribution >= 0.6 is 0 Å². The highest BCUT2D eigenvalue weighted by atomic mass is 16.5. The number of carbonyl (C=O) groups is 1. The van der Waals surface area contributed by atoms with Gasteiger partial charge < -0.3 is 10.1 Å². The third-order valence-electron chi connectivity index (χ3n) is 2.52. The molecule has 0 aliphatic rings. The molecule has 0 atom stereocenters. The van der Waals surface area contributed by atoms with Gasteiger partial charge in [-0.1, -0.05) is 12.1 Å². The van der Waals surface area contributed by atoms with Gasteiger partial charge in [0.05, 0.1) is 13.0 Å². The lowest BCUT2D eigenvalue weighted by atomic mass is 10.1. The maximum absolute atomic E-state index is 11.3. The van der Waals surface area contributed by atoms with Crippen molar-refractivity contribution < 1.29 is 9.53 Å². The van der Waals surface area contributed by atoms with Crippen molar-refractivity contribution in [3.8, 4) is 5.75 Å². The molecule has 0 fully saturated rings. The molecule has 0 heterocycles. The first-order valence-corrected chi connectivity index (χ1v) is 5.71. The Hall–Kier alpha value is -1.77. The average molecular weight is 233 g/mol. The van der Waals surface area contributed by atoms with Gasteiger partial charge in [-0.3, -0.25) is 4.79 Å². The SMILES string of the molecule is C=CCNC(=O)CCOc1ccc(C)c(C)c1. The van der Waals surface area contributed by atoms with Crippen LogP contribution in [0.25, 0.3) is 0 Å². The molecular weight excluding hydrogens is 214 g/mol. The quantitative estimate of drug-likeness (QED) is 0.766. The van der Waals surface area contributed by atoms with E-state index >= 15 is 0 Å². The fraction of sp³-hybridized carbons (Fsp3) is 0.357. The molecule has 0 saturated heterocycles. The third kappa shape index (κ3) is 4.72. The summed E-state index contributed by atoms with van der Waals surface area (Å²) in [4.78, 5) is 11.3. The minimum absolute atomic E-state index is 0.0197. The molecule has 0 aromatic heterocycles. The van der Waals surface area contributed by atoms with Crippen molar-refractivity contribution in [1.82, 2.24) is 5.32 Å². The summed E-state index contributed by atoms with van der Waals surface area (Å²) >= 11 is 0. The second-order valence-electron chi connectivity index (χ2n) is 3.94. The molecule has 0 radical (unpaired) electrons. The lowest BCUT2D eigenvalue weighted by molar-refractivity contribution is -0.121. The monoisotopic (exact) mass is 233 g/mol. The Kier molecular flexibility index (Phi) is 5.27. The number of amides is 1. The van der Waals surface area contributed by atoms with Crippen molar-refractivity contribution in [1.29, 1.82) is 0 Å². The molecular formula is C14H19NO2. The maximum Gasteiger partial charge on any atom is 0.223 e. The molecule has 0 aliphatic heterocycles. The van der Waals surface area contributed by atoms with Gasteiger partial charge in [-0.15, -0.1) is 6.58 Å². The van der Waals surface area contributed by atoms with Gasteiger partial charge >= 0.3 is 0 Å². The van der Waals surface area contributed by atoms with Crippen molar-refractivity contribution in [3.05, 3.63) is 42.0 Å². The molecule has 3 heteroatoms. The summed E-state index contributed by atoms with van der Waals surface area (Å²) < 4.78 is 5.51. The normalized spacial score (nSPS) is 9.76. The zero-order valence-corrected chi connectivity index (χ0v) is 10.5. The number of hydrogen-bond acceptors (Lipinski definition) is 2. The zero-order chi connectivity index (χ0) is 12.7. The Labute approximate surface area is 102 Å². The number of hydrogen-bond donors (Lipinski definition) is 1. The summed E-state index contributed by atoms with van der Waals surface area (Å²) in [6, 6.07) is 5.92. The molecule has 0 aliphatic carbocycles. The molecule has 1 amide bonds. The van der Waals surface area contributed by atoms with Crippen molar-refractivity contribution in [2.75, 3.05) is 13.2 Å². The molecule has 1 aromatic carbocycles. The minimum Gasteiger partial charge on any atom is -0.493 e. The van der Waals surface area contributed by atoms with Crippen LogP contribution in [0.2, 0.25) is 0 Å². The first-order chi connectivity index (χ1) is 8.13. The van der Waals surface area contributed by atoms with Crippen LogP contribution in [0.4, 0.5) is 0 Å². The predicted octanol–water partition coefficient (Wildman–Crippen LogP) is 2.37. The molecule has 0 unspecified atom stereocenters. The van der Waals surface area contributed by atoms with Gasteiger partial charge in [-0.05, 0) is 37.1 Å². The van der Waals surface area contributed by atoms with Crippen molar-refractivity contribution >= 4 is 5.91 Å². The Bertz CT molecular complexity index is 399. The van der Waals surface area contributed by atoms with Crippen LogP contribution in [0.5, 0.6) is 5.75 Å². The number of rotatable bonds is 6. The van der Waals surface area contributed by atoms with Gasteiger partial charge in [0, 0.05) is 6.54 Å². The van der Waals surface area contributed by atoms with E-state index in [1.807, 2.05) is 25.1 Å². The van der Waals surface area contributed by atoms with Crippen molar-refractivity contribution in [2.24, 2.45) is 0 Å². The van der Waals surface area contributed by atoms with Crippen LogP contribution in [0.1, 0.15) is 17.5 Å². The fourth-order valence-electron chi connectivity index (χ4n) is 1.34. The summed E-state index contributed by atoms with van der Waals surface area (Å²) in [6.45, 7) is 8.53. The van der Waals surface area contributed by atoms with E-state index in [2.05, 4.69) is 18.8 Å². The summed E-state index contributed by atoms with van der Waals surface area (Å²) in [7, 11) is 0. The Morgan fingerprint density at radius 2 is 2.18 bits per heavy atom. The molecule has 1 N–H and O–H groups in total. The van der Waals surface area contributed by atoms with E-state index in [4.69, 9.17) is 4.74 Å². The standard InChI is InChI=1S/C14H19NO2/c1-4-8-15-14(16)7-9-17-13-6-5-11(2)12(3)10-13/h4-6,10H,1,7-9H2,2-3H3,(H,15,16). The van der Waals surface area contributed by atoms with Crippen LogP contribution in [0, 0.1) is 13.8 Å². The first-order valence-electron chi connectivity index (χ1n) is 5.71. The van der Waals surface area contributed by atoms with Gasteiger partial charge in [0.1, 0.15) is 5.75 Å². The number of carbonyl (C=O) groups excluding carboxylic acids is 1. The summed E-state index contributed by atoms with van der Waals surface area (Å²) in [5, 5.41) is 2.70. The minimum atomic E-state index is -0.0197. The largest absolute Gasteiger partial charge is 0.493 e. The molecule has 0 saturated carbocycles. The molecule has 1 aromatic rings. The lowest BCUT2D eigenvalue weighted by Gasteiger charge is -2.08. The van der Waals surface area contributed by atoms with Gasteiger partial charge in [-0.25, -0.2) is 0 Å². The van der Waals surface area contributed by atoms with Gasteiger partial charge in [-0.2, -0.15) is 0 Å². The topological polar surface area (TPSA) is 38.3 Å². The van der Waals surface area contributed by atoms with Crippen LogP contribution in [0.15, 0.2) is 30.9 Å². The van der Waals surface area contributed by atoms with Crippen molar-refractivity contribution in [3.63, 3.8) is 0 Å². The third-order valence-corrected chi connectivity index (χ3v) is 2.52. The van der Waals surface area contributed by atoms with Crippen LogP contribution in [-0.4, -0.2) is 19.1 Å². The number of benzene rings is 1. The number of aryl methyl sites for hydroxylation is 2. The van der Waals surface area contributed by atoms with Crippen molar-refractivity contribution in [2.45, 2.75) is 20.3 Å². The molecule has 92 valence electrons. The Morgan fingerprint density at radius 3 is 2.82 bits per heavy atom. The van der Waals surface area contributed by atoms with Crippen LogP contribution < -0.4 is 10.1 Å². The van der Waals surface area contributed by atoms with E-state index in [9.17, 15) is 4.79 Å². The van der Waals surface area contributed by atoms with Crippen LogP contribution in [0.3, 0.4) is 0 Å². The highest BCUT2D eigenvalue weighted by molar-refractivity contribution is 5.76. The second kappa shape index (κ2) is 6.74. The summed E-state index contributed by atoms with van der Waals surface area (Å²) in [5.41, 5.74) is 2.43. The average Bonchev–Trinajstić information content (AvgIpc) is 2.31. The lowest BCUT2D eigenvalue weighted by Crippen LogP contribution is -2.24.